The lowest BCUT2D eigenvalue weighted by molar-refractivity contribution is 0.0698. The van der Waals surface area contributed by atoms with Gasteiger partial charge in [0.2, 0.25) is 0 Å². The maximum atomic E-state index is 10.9. The molecule has 0 aromatic heterocycles. The van der Waals surface area contributed by atoms with Gasteiger partial charge in [-0.1, -0.05) is 33.8 Å². The number of carboxylic acid groups (broad SMARTS) is 1. The predicted molar refractivity (Wildman–Crippen MR) is 63.1 cm³/mol. The van der Waals surface area contributed by atoms with Gasteiger partial charge in [0.15, 0.2) is 0 Å². The Morgan fingerprint density at radius 3 is 2.87 bits per heavy atom. The molecule has 0 radical (unpaired) electrons. The maximum absolute atomic E-state index is 10.9. The molecular formula is C11H10BrNO2. The molecule has 1 aromatic rings. The van der Waals surface area contributed by atoms with Crippen molar-refractivity contribution < 1.29 is 9.90 Å². The van der Waals surface area contributed by atoms with Crippen molar-refractivity contribution in [1.29, 1.82) is 0 Å². The van der Waals surface area contributed by atoms with Crippen LogP contribution in [0, 0.1) is 11.8 Å². The third-order valence-electron chi connectivity index (χ3n) is 1.75. The van der Waals surface area contributed by atoms with Crippen molar-refractivity contribution in [2.75, 3.05) is 11.1 Å². The van der Waals surface area contributed by atoms with E-state index in [1.165, 1.54) is 0 Å². The molecule has 0 bridgehead atoms. The van der Waals surface area contributed by atoms with E-state index >= 15 is 0 Å². The minimum absolute atomic E-state index is 0.0829. The average Bonchev–Trinajstić information content (AvgIpc) is 2.17. The first-order chi connectivity index (χ1) is 7.16. The van der Waals surface area contributed by atoms with Crippen LogP contribution in [0.5, 0.6) is 0 Å². The number of nitrogens with two attached hydrogens (primary N) is 1. The topological polar surface area (TPSA) is 63.3 Å². The van der Waals surface area contributed by atoms with Crippen LogP contribution in [0.1, 0.15) is 22.3 Å². The molecule has 0 aliphatic carbocycles. The van der Waals surface area contributed by atoms with Crippen LogP contribution in [0.3, 0.4) is 0 Å². The number of carbonyl (C=O) groups is 1. The van der Waals surface area contributed by atoms with Gasteiger partial charge in [-0.15, -0.1) is 0 Å². The van der Waals surface area contributed by atoms with Gasteiger partial charge in [0.25, 0.3) is 0 Å². The highest BCUT2D eigenvalue weighted by Gasteiger charge is 2.11. The van der Waals surface area contributed by atoms with Crippen LogP contribution in [0.15, 0.2) is 18.2 Å². The van der Waals surface area contributed by atoms with Gasteiger partial charge >= 0.3 is 5.97 Å². The number of hydrogen-bond acceptors (Lipinski definition) is 2. The van der Waals surface area contributed by atoms with Gasteiger partial charge in [-0.3, -0.25) is 0 Å². The fourth-order valence-electron chi connectivity index (χ4n) is 1.12. The van der Waals surface area contributed by atoms with Crippen LogP contribution >= 0.6 is 15.9 Å². The van der Waals surface area contributed by atoms with Gasteiger partial charge in [-0.05, 0) is 12.1 Å². The fourth-order valence-corrected chi connectivity index (χ4v) is 1.32. The zero-order valence-electron chi connectivity index (χ0n) is 7.96. The third kappa shape index (κ3) is 3.00. The summed E-state index contributed by atoms with van der Waals surface area (Å²) in [5, 5.41) is 9.71. The van der Waals surface area contributed by atoms with E-state index in [4.69, 9.17) is 10.8 Å². The Labute approximate surface area is 96.4 Å². The molecule has 3 nitrogen and oxygen atoms in total. The van der Waals surface area contributed by atoms with Gasteiger partial charge in [0, 0.05) is 23.0 Å². The Morgan fingerprint density at radius 1 is 1.53 bits per heavy atom. The Balaban J connectivity index is 3.13. The molecule has 0 saturated heterocycles. The van der Waals surface area contributed by atoms with Crippen molar-refractivity contribution >= 4 is 27.6 Å². The van der Waals surface area contributed by atoms with E-state index in [1.54, 1.807) is 18.2 Å². The number of aromatic carboxylic acids is 1. The van der Waals surface area contributed by atoms with Gasteiger partial charge in [-0.2, -0.15) is 0 Å². The van der Waals surface area contributed by atoms with Gasteiger partial charge in [-0.25, -0.2) is 4.79 Å². The highest BCUT2D eigenvalue weighted by Crippen LogP contribution is 2.15. The van der Waals surface area contributed by atoms with Gasteiger partial charge in [0.05, 0.1) is 5.56 Å². The summed E-state index contributed by atoms with van der Waals surface area (Å²) >= 11 is 3.24. The first-order valence-electron chi connectivity index (χ1n) is 4.33. The highest BCUT2D eigenvalue weighted by molar-refractivity contribution is 9.09. The van der Waals surface area contributed by atoms with E-state index in [0.29, 0.717) is 12.0 Å². The Hall–Kier alpha value is -1.47. The summed E-state index contributed by atoms with van der Waals surface area (Å²) in [5.41, 5.74) is 6.36. The molecule has 0 spiro atoms. The molecule has 0 aliphatic rings. The van der Waals surface area contributed by atoms with Crippen LogP contribution in [-0.2, 0) is 0 Å². The highest BCUT2D eigenvalue weighted by atomic mass is 79.9. The van der Waals surface area contributed by atoms with Crippen molar-refractivity contribution in [2.45, 2.75) is 6.42 Å². The lowest BCUT2D eigenvalue weighted by atomic mass is 10.1. The molecule has 0 unspecified atom stereocenters. The van der Waals surface area contributed by atoms with Crippen molar-refractivity contribution in [3.63, 3.8) is 0 Å². The number of halogens is 1. The first kappa shape index (κ1) is 11.6. The van der Waals surface area contributed by atoms with Gasteiger partial charge < -0.3 is 10.8 Å². The van der Waals surface area contributed by atoms with Crippen molar-refractivity contribution in [3.05, 3.63) is 29.3 Å². The van der Waals surface area contributed by atoms with Gasteiger partial charge in [0.1, 0.15) is 0 Å². The smallest absolute Gasteiger partial charge is 0.339 e. The first-order valence-corrected chi connectivity index (χ1v) is 5.45. The second-order valence-corrected chi connectivity index (χ2v) is 3.61. The molecule has 0 atom stereocenters. The minimum atomic E-state index is -1.05. The quantitative estimate of drug-likeness (QED) is 0.490. The Morgan fingerprint density at radius 2 is 2.27 bits per heavy atom. The summed E-state index contributed by atoms with van der Waals surface area (Å²) in [5.74, 6) is 4.61. The maximum Gasteiger partial charge on any atom is 0.339 e. The van der Waals surface area contributed by atoms with Crippen LogP contribution in [0.25, 0.3) is 0 Å². The SMILES string of the molecule is Nc1cccc(C#CCCBr)c1C(=O)O. The molecule has 0 aliphatic heterocycles. The summed E-state index contributed by atoms with van der Waals surface area (Å²) in [6.07, 6.45) is 0.674. The normalized spacial score (nSPS) is 9.13. The van der Waals surface area contributed by atoms with E-state index in [-0.39, 0.29) is 11.3 Å². The Bertz CT molecular complexity index is 432. The molecule has 0 amide bonds. The van der Waals surface area contributed by atoms with E-state index in [1.807, 2.05) is 0 Å². The largest absolute Gasteiger partial charge is 0.478 e. The summed E-state index contributed by atoms with van der Waals surface area (Å²) in [6.45, 7) is 0. The van der Waals surface area contributed by atoms with Crippen molar-refractivity contribution in [2.24, 2.45) is 0 Å². The number of rotatable bonds is 2. The molecule has 0 fully saturated rings. The molecule has 4 heteroatoms. The molecule has 3 N–H and O–H groups in total. The number of hydrogen-bond donors (Lipinski definition) is 2. The van der Waals surface area contributed by atoms with Crippen molar-refractivity contribution in [1.82, 2.24) is 0 Å². The standard InChI is InChI=1S/C11H10BrNO2/c12-7-2-1-4-8-5-3-6-9(13)10(8)11(14)15/h3,5-6H,2,7,13H2,(H,14,15). The minimum Gasteiger partial charge on any atom is -0.478 e. The predicted octanol–water partition coefficient (Wildman–Crippen LogP) is 2.10. The van der Waals surface area contributed by atoms with Crippen molar-refractivity contribution in [3.8, 4) is 11.8 Å². The lowest BCUT2D eigenvalue weighted by Gasteiger charge is -2.02. The fraction of sp³-hybridized carbons (Fsp3) is 0.182. The number of benzene rings is 1. The number of alkyl halides is 1. The lowest BCUT2D eigenvalue weighted by Crippen LogP contribution is -2.05. The Kier molecular flexibility index (Phi) is 4.19. The molecule has 1 rings (SSSR count). The second kappa shape index (κ2) is 5.42. The number of carboxylic acids is 1. The monoisotopic (exact) mass is 267 g/mol. The summed E-state index contributed by atoms with van der Waals surface area (Å²) in [6, 6.07) is 4.90. The van der Waals surface area contributed by atoms with Crippen LogP contribution in [-0.4, -0.2) is 16.4 Å². The molecular weight excluding hydrogens is 258 g/mol. The van der Waals surface area contributed by atoms with E-state index in [2.05, 4.69) is 27.8 Å². The van der Waals surface area contributed by atoms with Crippen LogP contribution in [0.4, 0.5) is 5.69 Å². The molecule has 0 saturated carbocycles. The third-order valence-corrected chi connectivity index (χ3v) is 2.15. The molecule has 0 heterocycles. The van der Waals surface area contributed by atoms with Crippen LogP contribution < -0.4 is 5.73 Å². The van der Waals surface area contributed by atoms with E-state index in [0.717, 1.165) is 5.33 Å². The number of nitrogen functional groups attached to an aromatic ring is 1. The molecule has 1 aromatic carbocycles. The zero-order valence-corrected chi connectivity index (χ0v) is 9.54. The second-order valence-electron chi connectivity index (χ2n) is 2.82. The van der Waals surface area contributed by atoms with E-state index in [9.17, 15) is 4.79 Å². The molecule has 15 heavy (non-hydrogen) atoms. The van der Waals surface area contributed by atoms with Crippen LogP contribution in [0.2, 0.25) is 0 Å². The molecule has 78 valence electrons. The summed E-state index contributed by atoms with van der Waals surface area (Å²) in [4.78, 5) is 10.9. The summed E-state index contributed by atoms with van der Waals surface area (Å²) < 4.78 is 0. The zero-order chi connectivity index (χ0) is 11.3. The van der Waals surface area contributed by atoms with E-state index < -0.39 is 5.97 Å². The average molecular weight is 268 g/mol. The summed E-state index contributed by atoms with van der Waals surface area (Å²) in [7, 11) is 0. The number of anilines is 1.